The van der Waals surface area contributed by atoms with Crippen LogP contribution in [-0.2, 0) is 0 Å². The Morgan fingerprint density at radius 3 is 1.17 bits per heavy atom. The molecule has 0 atom stereocenters. The fourth-order valence-electron chi connectivity index (χ4n) is 5.04. The van der Waals surface area contributed by atoms with Gasteiger partial charge in [-0.2, -0.15) is 0 Å². The maximum absolute atomic E-state index is 12.6. The molecule has 2 aliphatic rings. The van der Waals surface area contributed by atoms with Crippen molar-refractivity contribution in [2.24, 2.45) is 0 Å². The molecule has 0 heterocycles. The zero-order valence-corrected chi connectivity index (χ0v) is 22.9. The second-order valence-corrected chi connectivity index (χ2v) is 9.22. The van der Waals surface area contributed by atoms with Crippen LogP contribution in [0.5, 0.6) is 34.5 Å². The molecule has 0 aliphatic heterocycles. The second-order valence-electron chi connectivity index (χ2n) is 9.22. The van der Waals surface area contributed by atoms with Crippen molar-refractivity contribution in [1.82, 2.24) is 0 Å². The van der Waals surface area contributed by atoms with E-state index in [9.17, 15) is 29.4 Å². The first-order valence-corrected chi connectivity index (χ1v) is 12.5. The van der Waals surface area contributed by atoms with Gasteiger partial charge in [0.05, 0.1) is 50.7 Å². The van der Waals surface area contributed by atoms with Crippen LogP contribution in [0.15, 0.2) is 60.7 Å². The lowest BCUT2D eigenvalue weighted by Gasteiger charge is -2.21. The Kier molecular flexibility index (Phi) is 7.13. The quantitative estimate of drug-likeness (QED) is 0.314. The summed E-state index contributed by atoms with van der Waals surface area (Å²) in [6, 6.07) is 14.9. The fraction of sp³-hybridized carbons (Fsp3) is 0.125. The Bertz CT molecular complexity index is 1690. The predicted molar refractivity (Wildman–Crippen MR) is 149 cm³/mol. The molecule has 0 saturated heterocycles. The summed E-state index contributed by atoms with van der Waals surface area (Å²) in [5.74, 6) is -0.627. The summed E-state index contributed by atoms with van der Waals surface area (Å²) in [5, 5.41) is 19.8. The zero-order chi connectivity index (χ0) is 30.3. The highest BCUT2D eigenvalue weighted by molar-refractivity contribution is 6.31. The van der Waals surface area contributed by atoms with E-state index in [4.69, 9.17) is 18.9 Å². The smallest absolute Gasteiger partial charge is 0.201 e. The number of rotatable bonds is 4. The average Bonchev–Trinajstić information content (AvgIpc) is 3.01. The first-order chi connectivity index (χ1) is 20.2. The number of hydrogen-bond acceptors (Lipinski definition) is 10. The van der Waals surface area contributed by atoms with Gasteiger partial charge >= 0.3 is 0 Å². The average molecular weight is 569 g/mol. The highest BCUT2D eigenvalue weighted by Crippen LogP contribution is 2.40. The maximum atomic E-state index is 12.6. The zero-order valence-electron chi connectivity index (χ0n) is 22.9. The van der Waals surface area contributed by atoms with Gasteiger partial charge in [0.1, 0.15) is 34.5 Å². The van der Waals surface area contributed by atoms with E-state index in [2.05, 4.69) is 0 Å². The SMILES string of the molecule is COc1cc(OC)c2c(c1)C(=O)c1cccc(O)c1C2=O.COc1cc(OC)c2c(c1)C(=O)c1cccc(O)c1C2=O. The number of carbonyl (C=O) groups excluding carboxylic acids is 4. The number of ketones is 4. The van der Waals surface area contributed by atoms with Crippen molar-refractivity contribution in [3.05, 3.63) is 105 Å². The van der Waals surface area contributed by atoms with Crippen molar-refractivity contribution in [1.29, 1.82) is 0 Å². The van der Waals surface area contributed by atoms with Crippen molar-refractivity contribution in [3.63, 3.8) is 0 Å². The summed E-state index contributed by atoms with van der Waals surface area (Å²) >= 11 is 0. The van der Waals surface area contributed by atoms with E-state index in [1.165, 1.54) is 89.1 Å². The third-order valence-corrected chi connectivity index (χ3v) is 7.03. The largest absolute Gasteiger partial charge is 0.507 e. The molecule has 0 unspecified atom stereocenters. The van der Waals surface area contributed by atoms with E-state index < -0.39 is 11.6 Å². The maximum Gasteiger partial charge on any atom is 0.201 e. The number of benzene rings is 4. The molecule has 6 rings (SSSR count). The molecule has 0 radical (unpaired) electrons. The Hall–Kier alpha value is -5.64. The predicted octanol–water partition coefficient (Wildman–Crippen LogP) is 4.37. The molecule has 0 amide bonds. The first-order valence-electron chi connectivity index (χ1n) is 12.5. The number of aromatic hydroxyl groups is 2. The molecule has 4 aromatic rings. The molecular weight excluding hydrogens is 544 g/mol. The van der Waals surface area contributed by atoms with E-state index in [1.54, 1.807) is 0 Å². The fourth-order valence-corrected chi connectivity index (χ4v) is 5.04. The molecule has 2 aliphatic carbocycles. The summed E-state index contributed by atoms with van der Waals surface area (Å²) in [4.78, 5) is 50.4. The Morgan fingerprint density at radius 2 is 0.833 bits per heavy atom. The van der Waals surface area contributed by atoms with Crippen LogP contribution in [0.2, 0.25) is 0 Å². The first kappa shape index (κ1) is 27.9. The minimum absolute atomic E-state index is 0.0125. The Morgan fingerprint density at radius 1 is 0.452 bits per heavy atom. The van der Waals surface area contributed by atoms with Gasteiger partial charge in [-0.15, -0.1) is 0 Å². The number of methoxy groups -OCH3 is 4. The van der Waals surface area contributed by atoms with Crippen LogP contribution in [0, 0.1) is 0 Å². The summed E-state index contributed by atoms with van der Waals surface area (Å²) in [6.45, 7) is 0. The van der Waals surface area contributed by atoms with Crippen molar-refractivity contribution in [3.8, 4) is 34.5 Å². The lowest BCUT2D eigenvalue weighted by atomic mass is 9.83. The summed E-state index contributed by atoms with van der Waals surface area (Å²) in [7, 11) is 5.76. The number of ether oxygens (including phenoxy) is 4. The van der Waals surface area contributed by atoms with Crippen molar-refractivity contribution >= 4 is 23.1 Å². The van der Waals surface area contributed by atoms with Crippen LogP contribution in [0.1, 0.15) is 63.7 Å². The number of fused-ring (bicyclic) bond motifs is 4. The topological polar surface area (TPSA) is 146 Å². The van der Waals surface area contributed by atoms with Crippen LogP contribution >= 0.6 is 0 Å². The Labute approximate surface area is 239 Å². The third kappa shape index (κ3) is 4.29. The highest BCUT2D eigenvalue weighted by atomic mass is 16.5. The third-order valence-electron chi connectivity index (χ3n) is 7.03. The van der Waals surface area contributed by atoms with Crippen molar-refractivity contribution in [2.45, 2.75) is 0 Å². The molecule has 2 N–H and O–H groups in total. The van der Waals surface area contributed by atoms with E-state index in [0.717, 1.165) is 0 Å². The van der Waals surface area contributed by atoms with Gasteiger partial charge in [0, 0.05) is 34.4 Å². The summed E-state index contributed by atoms with van der Waals surface area (Å²) in [6.07, 6.45) is 0. The van der Waals surface area contributed by atoms with Gasteiger partial charge in [-0.05, 0) is 24.3 Å². The standard InChI is InChI=1S/2C16H12O5/c2*1-20-8-6-10-14(12(7-8)21-2)16(19)13-9(15(10)18)4-3-5-11(13)17/h2*3-7,17H,1-2H3. The van der Waals surface area contributed by atoms with Gasteiger partial charge in [-0.3, -0.25) is 19.2 Å². The molecule has 42 heavy (non-hydrogen) atoms. The van der Waals surface area contributed by atoms with Crippen LogP contribution in [0.4, 0.5) is 0 Å². The monoisotopic (exact) mass is 568 g/mol. The molecule has 0 aromatic heterocycles. The molecule has 4 aromatic carbocycles. The van der Waals surface area contributed by atoms with Crippen molar-refractivity contribution < 1.29 is 48.3 Å². The van der Waals surface area contributed by atoms with Gasteiger partial charge < -0.3 is 29.2 Å². The van der Waals surface area contributed by atoms with Crippen LogP contribution < -0.4 is 18.9 Å². The van der Waals surface area contributed by atoms with Crippen molar-refractivity contribution in [2.75, 3.05) is 28.4 Å². The van der Waals surface area contributed by atoms with Crippen LogP contribution in [0.25, 0.3) is 0 Å². The lowest BCUT2D eigenvalue weighted by Crippen LogP contribution is -2.22. The molecule has 0 bridgehead atoms. The molecule has 0 spiro atoms. The molecule has 10 heteroatoms. The molecule has 0 fully saturated rings. The molecular formula is C32H24O10. The minimum atomic E-state index is -0.433. The van der Waals surface area contributed by atoms with Crippen LogP contribution in [0.3, 0.4) is 0 Å². The number of hydrogen-bond donors (Lipinski definition) is 2. The molecule has 10 nitrogen and oxygen atoms in total. The minimum Gasteiger partial charge on any atom is -0.507 e. The van der Waals surface area contributed by atoms with Gasteiger partial charge in [0.25, 0.3) is 0 Å². The Balaban J connectivity index is 0.000000168. The van der Waals surface area contributed by atoms with E-state index in [-0.39, 0.29) is 79.1 Å². The highest BCUT2D eigenvalue weighted by Gasteiger charge is 2.36. The van der Waals surface area contributed by atoms with E-state index in [1.807, 2.05) is 0 Å². The second kappa shape index (κ2) is 10.7. The summed E-state index contributed by atoms with van der Waals surface area (Å²) < 4.78 is 20.6. The number of phenols is 2. The van der Waals surface area contributed by atoms with E-state index in [0.29, 0.717) is 11.5 Å². The van der Waals surface area contributed by atoms with E-state index >= 15 is 0 Å². The van der Waals surface area contributed by atoms with Crippen LogP contribution in [-0.4, -0.2) is 61.8 Å². The molecule has 212 valence electrons. The van der Waals surface area contributed by atoms with Gasteiger partial charge in [-0.25, -0.2) is 0 Å². The van der Waals surface area contributed by atoms with Gasteiger partial charge in [-0.1, -0.05) is 24.3 Å². The molecule has 0 saturated carbocycles. The van der Waals surface area contributed by atoms with Gasteiger partial charge in [0.2, 0.25) is 11.6 Å². The number of phenolic OH excluding ortho intramolecular Hbond substituents is 2. The normalized spacial score (nSPS) is 12.7. The summed E-state index contributed by atoms with van der Waals surface area (Å²) in [5.41, 5.74) is 1.13. The lowest BCUT2D eigenvalue weighted by molar-refractivity contribution is 0.0973. The number of carbonyl (C=O) groups is 4. The van der Waals surface area contributed by atoms with Gasteiger partial charge in [0.15, 0.2) is 11.6 Å².